The zero-order valence-corrected chi connectivity index (χ0v) is 13.0. The Morgan fingerprint density at radius 3 is 2.79 bits per heavy atom. The van der Waals surface area contributed by atoms with Gasteiger partial charge in [-0.15, -0.1) is 0 Å². The van der Waals surface area contributed by atoms with E-state index in [9.17, 15) is 13.6 Å². The van der Waals surface area contributed by atoms with Gasteiger partial charge in [-0.05, 0) is 30.7 Å². The number of aromatic nitrogens is 1. The summed E-state index contributed by atoms with van der Waals surface area (Å²) in [5.74, 6) is -0.809. The summed E-state index contributed by atoms with van der Waals surface area (Å²) in [4.78, 5) is 15.3. The zero-order chi connectivity index (χ0) is 17.3. The SMILES string of the molecule is COc1cc(CC(C)=O)c(F)cc1Nc1nc2ccc(F)cc2o1. The third-order valence-electron chi connectivity index (χ3n) is 3.40. The van der Waals surface area contributed by atoms with E-state index in [2.05, 4.69) is 10.3 Å². The van der Waals surface area contributed by atoms with Crippen LogP contribution in [0, 0.1) is 11.6 Å². The molecule has 0 atom stereocenters. The largest absolute Gasteiger partial charge is 0.495 e. The Balaban J connectivity index is 1.95. The second-order valence-electron chi connectivity index (χ2n) is 5.28. The van der Waals surface area contributed by atoms with Gasteiger partial charge in [-0.25, -0.2) is 8.78 Å². The maximum atomic E-state index is 14.1. The van der Waals surface area contributed by atoms with Crippen molar-refractivity contribution in [3.63, 3.8) is 0 Å². The van der Waals surface area contributed by atoms with Crippen LogP contribution in [0.15, 0.2) is 34.7 Å². The third kappa shape index (κ3) is 3.19. The van der Waals surface area contributed by atoms with Crippen LogP contribution < -0.4 is 10.1 Å². The normalized spacial score (nSPS) is 10.8. The highest BCUT2D eigenvalue weighted by molar-refractivity contribution is 5.79. The van der Waals surface area contributed by atoms with Crippen molar-refractivity contribution in [1.29, 1.82) is 0 Å². The van der Waals surface area contributed by atoms with E-state index in [0.29, 0.717) is 11.3 Å². The number of carbonyl (C=O) groups excluding carboxylic acids is 1. The number of nitrogens with zero attached hydrogens (tertiary/aromatic N) is 1. The van der Waals surface area contributed by atoms with Gasteiger partial charge in [-0.1, -0.05) is 0 Å². The van der Waals surface area contributed by atoms with Gasteiger partial charge in [0.1, 0.15) is 28.7 Å². The molecule has 3 aromatic rings. The van der Waals surface area contributed by atoms with Crippen LogP contribution in [-0.4, -0.2) is 17.9 Å². The highest BCUT2D eigenvalue weighted by Crippen LogP contribution is 2.32. The summed E-state index contributed by atoms with van der Waals surface area (Å²) in [6.45, 7) is 1.38. The lowest BCUT2D eigenvalue weighted by atomic mass is 10.1. The van der Waals surface area contributed by atoms with Crippen LogP contribution in [0.5, 0.6) is 5.75 Å². The number of Topliss-reactive ketones (excluding diaryl/α,β-unsaturated/α-hetero) is 1. The van der Waals surface area contributed by atoms with Gasteiger partial charge >= 0.3 is 0 Å². The van der Waals surface area contributed by atoms with Crippen LogP contribution in [-0.2, 0) is 11.2 Å². The minimum Gasteiger partial charge on any atom is -0.495 e. The van der Waals surface area contributed by atoms with Crippen LogP contribution in [0.25, 0.3) is 11.1 Å². The Hall–Kier alpha value is -2.96. The van der Waals surface area contributed by atoms with Crippen molar-refractivity contribution in [2.24, 2.45) is 0 Å². The van der Waals surface area contributed by atoms with Crippen molar-refractivity contribution in [2.75, 3.05) is 12.4 Å². The zero-order valence-electron chi connectivity index (χ0n) is 13.0. The smallest absolute Gasteiger partial charge is 0.300 e. The molecule has 0 aliphatic rings. The highest BCUT2D eigenvalue weighted by atomic mass is 19.1. The molecule has 124 valence electrons. The number of halogens is 2. The Bertz CT molecular complexity index is 922. The van der Waals surface area contributed by atoms with Gasteiger partial charge in [-0.3, -0.25) is 4.79 Å². The predicted octanol–water partition coefficient (Wildman–Crippen LogP) is 3.99. The molecule has 0 aliphatic heterocycles. The number of methoxy groups -OCH3 is 1. The number of carbonyl (C=O) groups is 1. The average molecular weight is 332 g/mol. The Labute approximate surface area is 136 Å². The van der Waals surface area contributed by atoms with E-state index in [-0.39, 0.29) is 35.1 Å². The lowest BCUT2D eigenvalue weighted by Crippen LogP contribution is -2.03. The fraction of sp³-hybridized carbons (Fsp3) is 0.176. The first-order valence-electron chi connectivity index (χ1n) is 7.15. The first-order chi connectivity index (χ1) is 11.5. The molecule has 3 rings (SSSR count). The van der Waals surface area contributed by atoms with E-state index >= 15 is 0 Å². The second-order valence-corrected chi connectivity index (χ2v) is 5.28. The first-order valence-corrected chi connectivity index (χ1v) is 7.15. The lowest BCUT2D eigenvalue weighted by molar-refractivity contribution is -0.116. The van der Waals surface area contributed by atoms with Gasteiger partial charge in [0.15, 0.2) is 5.58 Å². The summed E-state index contributed by atoms with van der Waals surface area (Å²) in [6.07, 6.45) is -0.0232. The minimum absolute atomic E-state index is 0.0232. The van der Waals surface area contributed by atoms with E-state index in [4.69, 9.17) is 9.15 Å². The fourth-order valence-electron chi connectivity index (χ4n) is 2.33. The van der Waals surface area contributed by atoms with Crippen LogP contribution in [0.1, 0.15) is 12.5 Å². The fourth-order valence-corrected chi connectivity index (χ4v) is 2.33. The van der Waals surface area contributed by atoms with Gasteiger partial charge in [0.05, 0.1) is 12.8 Å². The maximum absolute atomic E-state index is 14.1. The van der Waals surface area contributed by atoms with Gasteiger partial charge in [0.25, 0.3) is 6.01 Å². The molecule has 1 N–H and O–H groups in total. The molecule has 1 aromatic heterocycles. The molecule has 0 amide bonds. The van der Waals surface area contributed by atoms with E-state index in [1.165, 1.54) is 44.4 Å². The van der Waals surface area contributed by atoms with Crippen molar-refractivity contribution in [2.45, 2.75) is 13.3 Å². The average Bonchev–Trinajstić information content (AvgIpc) is 2.90. The number of hydrogen-bond donors (Lipinski definition) is 1. The first kappa shape index (κ1) is 15.9. The molecule has 5 nitrogen and oxygen atoms in total. The number of hydrogen-bond acceptors (Lipinski definition) is 5. The third-order valence-corrected chi connectivity index (χ3v) is 3.40. The molecule has 1 heterocycles. The number of fused-ring (bicyclic) bond motifs is 1. The molecule has 7 heteroatoms. The summed E-state index contributed by atoms with van der Waals surface area (Å²) in [5.41, 5.74) is 1.26. The van der Waals surface area contributed by atoms with Gasteiger partial charge in [-0.2, -0.15) is 4.98 Å². The predicted molar refractivity (Wildman–Crippen MR) is 84.6 cm³/mol. The number of nitrogens with one attached hydrogen (secondary N) is 1. The molecule has 0 saturated carbocycles. The van der Waals surface area contributed by atoms with E-state index in [1.807, 2.05) is 0 Å². The summed E-state index contributed by atoms with van der Waals surface area (Å²) < 4.78 is 37.9. The van der Waals surface area contributed by atoms with Crippen LogP contribution in [0.4, 0.5) is 20.5 Å². The molecule has 0 aliphatic carbocycles. The number of ketones is 1. The second kappa shape index (κ2) is 6.27. The van der Waals surface area contributed by atoms with E-state index in [0.717, 1.165) is 0 Å². The molecule has 0 radical (unpaired) electrons. The maximum Gasteiger partial charge on any atom is 0.300 e. The molecular formula is C17H14F2N2O3. The molecular weight excluding hydrogens is 318 g/mol. The quantitative estimate of drug-likeness (QED) is 0.765. The number of rotatable bonds is 5. The van der Waals surface area contributed by atoms with Gasteiger partial charge in [0, 0.05) is 18.6 Å². The number of benzene rings is 2. The van der Waals surface area contributed by atoms with Crippen molar-refractivity contribution in [3.05, 3.63) is 47.5 Å². The Morgan fingerprint density at radius 2 is 2.08 bits per heavy atom. The lowest BCUT2D eigenvalue weighted by Gasteiger charge is -2.11. The van der Waals surface area contributed by atoms with Gasteiger partial charge < -0.3 is 14.5 Å². The van der Waals surface area contributed by atoms with Crippen LogP contribution in [0.2, 0.25) is 0 Å². The number of ether oxygens (including phenoxy) is 1. The van der Waals surface area contributed by atoms with Crippen molar-refractivity contribution >= 4 is 28.6 Å². The topological polar surface area (TPSA) is 64.4 Å². The monoisotopic (exact) mass is 332 g/mol. The van der Waals surface area contributed by atoms with Crippen molar-refractivity contribution < 1.29 is 22.7 Å². The van der Waals surface area contributed by atoms with Gasteiger partial charge in [0.2, 0.25) is 0 Å². The summed E-state index contributed by atoms with van der Waals surface area (Å²) in [5, 5.41) is 2.80. The number of anilines is 2. The molecule has 0 spiro atoms. The Kier molecular flexibility index (Phi) is 4.16. The van der Waals surface area contributed by atoms with Crippen molar-refractivity contribution in [1.82, 2.24) is 4.98 Å². The molecule has 24 heavy (non-hydrogen) atoms. The van der Waals surface area contributed by atoms with E-state index in [1.54, 1.807) is 0 Å². The van der Waals surface area contributed by atoms with Crippen LogP contribution in [0.3, 0.4) is 0 Å². The van der Waals surface area contributed by atoms with Crippen LogP contribution >= 0.6 is 0 Å². The highest BCUT2D eigenvalue weighted by Gasteiger charge is 2.14. The minimum atomic E-state index is -0.546. The standard InChI is InChI=1S/C17H14F2N2O3/c1-9(22)5-10-6-15(23-2)14(8-12(10)19)21-17-20-13-4-3-11(18)7-16(13)24-17/h3-4,6-8H,5H2,1-2H3,(H,20,21). The molecule has 0 fully saturated rings. The van der Waals surface area contributed by atoms with Crippen molar-refractivity contribution in [3.8, 4) is 5.75 Å². The summed E-state index contributed by atoms with van der Waals surface area (Å²) >= 11 is 0. The summed E-state index contributed by atoms with van der Waals surface area (Å²) in [7, 11) is 1.43. The summed E-state index contributed by atoms with van der Waals surface area (Å²) in [6, 6.07) is 6.68. The molecule has 0 saturated heterocycles. The molecule has 0 unspecified atom stereocenters. The molecule has 0 bridgehead atoms. The van der Waals surface area contributed by atoms with E-state index < -0.39 is 11.6 Å². The molecule has 2 aromatic carbocycles. The number of oxazole rings is 1. The Morgan fingerprint density at radius 1 is 1.29 bits per heavy atom.